The van der Waals surface area contributed by atoms with Gasteiger partial charge >= 0.3 is 0 Å². The molecule has 2 atom stereocenters. The molecular formula is C39H41N3. The third kappa shape index (κ3) is 6.52. The SMILES string of the molecule is C=C/C=C(\C=C/C)[C@@H]1N=C(C2=CC=CCCC2)N=C(C(C)/C=C/c2ccc(-c3cc4ccccc4cc3C)cc2)N1C. The van der Waals surface area contributed by atoms with E-state index in [0.717, 1.165) is 36.5 Å². The summed E-state index contributed by atoms with van der Waals surface area (Å²) in [7, 11) is 2.09. The second-order valence-electron chi connectivity index (χ2n) is 11.1. The van der Waals surface area contributed by atoms with E-state index in [1.54, 1.807) is 0 Å². The molecule has 2 aliphatic rings. The molecule has 0 N–H and O–H groups in total. The first-order valence-corrected chi connectivity index (χ1v) is 15.0. The lowest BCUT2D eigenvalue weighted by atomic mass is 9.95. The Morgan fingerprint density at radius 3 is 2.57 bits per heavy atom. The molecular weight excluding hydrogens is 510 g/mol. The lowest BCUT2D eigenvalue weighted by Crippen LogP contribution is -2.43. The Hall–Kier alpha value is -4.50. The predicted octanol–water partition coefficient (Wildman–Crippen LogP) is 9.89. The van der Waals surface area contributed by atoms with Crippen LogP contribution in [-0.2, 0) is 0 Å². The molecule has 0 radical (unpaired) electrons. The van der Waals surface area contributed by atoms with Crippen molar-refractivity contribution in [1.82, 2.24) is 4.90 Å². The second-order valence-corrected chi connectivity index (χ2v) is 11.1. The molecule has 3 heteroatoms. The fraction of sp³-hybridized carbons (Fsp3) is 0.231. The van der Waals surface area contributed by atoms with Gasteiger partial charge in [0.05, 0.1) is 0 Å². The first kappa shape index (κ1) is 29.0. The van der Waals surface area contributed by atoms with Crippen molar-refractivity contribution in [1.29, 1.82) is 0 Å². The minimum atomic E-state index is -0.157. The topological polar surface area (TPSA) is 28.0 Å². The number of rotatable bonds is 8. The number of aryl methyl sites for hydroxylation is 1. The van der Waals surface area contributed by atoms with Crippen molar-refractivity contribution in [2.24, 2.45) is 15.9 Å². The summed E-state index contributed by atoms with van der Waals surface area (Å²) >= 11 is 0. The molecule has 0 fully saturated rings. The number of nitrogens with zero attached hydrogens (tertiary/aromatic N) is 3. The van der Waals surface area contributed by atoms with Gasteiger partial charge in [0.15, 0.2) is 5.84 Å². The van der Waals surface area contributed by atoms with Crippen molar-refractivity contribution in [3.05, 3.63) is 138 Å². The average Bonchev–Trinajstić information content (AvgIpc) is 3.30. The molecule has 0 saturated heterocycles. The maximum absolute atomic E-state index is 5.14. The number of hydrogen-bond donors (Lipinski definition) is 0. The maximum atomic E-state index is 5.14. The largest absolute Gasteiger partial charge is 0.337 e. The molecule has 3 nitrogen and oxygen atoms in total. The van der Waals surface area contributed by atoms with Gasteiger partial charge in [0.25, 0.3) is 0 Å². The molecule has 212 valence electrons. The van der Waals surface area contributed by atoms with Crippen LogP contribution in [0.1, 0.15) is 44.2 Å². The van der Waals surface area contributed by atoms with Gasteiger partial charge in [-0.3, -0.25) is 0 Å². The molecule has 3 aromatic carbocycles. The highest BCUT2D eigenvalue weighted by atomic mass is 15.3. The van der Waals surface area contributed by atoms with Gasteiger partial charge in [-0.25, -0.2) is 9.98 Å². The fourth-order valence-corrected chi connectivity index (χ4v) is 5.72. The molecule has 0 aromatic heterocycles. The minimum absolute atomic E-state index is 0.0999. The van der Waals surface area contributed by atoms with Crippen LogP contribution in [0.15, 0.2) is 137 Å². The summed E-state index contributed by atoms with van der Waals surface area (Å²) in [5.41, 5.74) is 7.28. The van der Waals surface area contributed by atoms with Gasteiger partial charge in [-0.05, 0) is 83.3 Å². The van der Waals surface area contributed by atoms with E-state index in [2.05, 4.69) is 136 Å². The van der Waals surface area contributed by atoms with Crippen LogP contribution in [-0.4, -0.2) is 29.8 Å². The van der Waals surface area contributed by atoms with E-state index >= 15 is 0 Å². The Labute approximate surface area is 251 Å². The highest BCUT2D eigenvalue weighted by Crippen LogP contribution is 2.29. The molecule has 1 unspecified atom stereocenters. The van der Waals surface area contributed by atoms with Crippen LogP contribution >= 0.6 is 0 Å². The zero-order valence-electron chi connectivity index (χ0n) is 25.3. The third-order valence-electron chi connectivity index (χ3n) is 8.00. The van der Waals surface area contributed by atoms with Crippen LogP contribution in [0.4, 0.5) is 0 Å². The van der Waals surface area contributed by atoms with Gasteiger partial charge in [-0.1, -0.05) is 123 Å². The summed E-state index contributed by atoms with van der Waals surface area (Å²) < 4.78 is 0. The van der Waals surface area contributed by atoms with E-state index in [4.69, 9.17) is 9.98 Å². The van der Waals surface area contributed by atoms with Crippen LogP contribution in [0.25, 0.3) is 28.0 Å². The summed E-state index contributed by atoms with van der Waals surface area (Å²) in [6, 6.07) is 22.0. The number of fused-ring (bicyclic) bond motifs is 1. The van der Waals surface area contributed by atoms with Crippen molar-refractivity contribution >= 4 is 28.5 Å². The van der Waals surface area contributed by atoms with Crippen LogP contribution < -0.4 is 0 Å². The van der Waals surface area contributed by atoms with Crippen molar-refractivity contribution in [2.45, 2.75) is 46.2 Å². The van der Waals surface area contributed by atoms with Crippen molar-refractivity contribution in [3.63, 3.8) is 0 Å². The molecule has 0 saturated carbocycles. The minimum Gasteiger partial charge on any atom is -0.337 e. The summed E-state index contributed by atoms with van der Waals surface area (Å²) in [6.45, 7) is 10.4. The normalized spacial score (nSPS) is 18.7. The summed E-state index contributed by atoms with van der Waals surface area (Å²) in [6.07, 6.45) is 22.1. The van der Waals surface area contributed by atoms with E-state index in [1.165, 1.54) is 38.6 Å². The molecule has 0 spiro atoms. The maximum Gasteiger partial charge on any atom is 0.154 e. The van der Waals surface area contributed by atoms with Crippen LogP contribution in [0.2, 0.25) is 0 Å². The zero-order valence-corrected chi connectivity index (χ0v) is 25.3. The zero-order chi connectivity index (χ0) is 29.5. The van der Waals surface area contributed by atoms with Crippen molar-refractivity contribution < 1.29 is 0 Å². The van der Waals surface area contributed by atoms with Crippen LogP contribution in [0.3, 0.4) is 0 Å². The molecule has 42 heavy (non-hydrogen) atoms. The number of aliphatic imine (C=N–C) groups is 2. The Morgan fingerprint density at radius 2 is 1.83 bits per heavy atom. The Bertz CT molecular complexity index is 1660. The Morgan fingerprint density at radius 1 is 1.07 bits per heavy atom. The van der Waals surface area contributed by atoms with Gasteiger partial charge in [0.2, 0.25) is 0 Å². The van der Waals surface area contributed by atoms with Gasteiger partial charge in [-0.15, -0.1) is 0 Å². The van der Waals surface area contributed by atoms with E-state index < -0.39 is 0 Å². The monoisotopic (exact) mass is 551 g/mol. The Balaban J connectivity index is 1.41. The Kier molecular flexibility index (Phi) is 9.28. The third-order valence-corrected chi connectivity index (χ3v) is 8.00. The lowest BCUT2D eigenvalue weighted by molar-refractivity contribution is 0.405. The predicted molar refractivity (Wildman–Crippen MR) is 183 cm³/mol. The van der Waals surface area contributed by atoms with Gasteiger partial charge < -0.3 is 4.90 Å². The van der Waals surface area contributed by atoms with E-state index in [0.29, 0.717) is 0 Å². The molecule has 0 bridgehead atoms. The van der Waals surface area contributed by atoms with Crippen LogP contribution in [0.5, 0.6) is 0 Å². The summed E-state index contributed by atoms with van der Waals surface area (Å²) in [4.78, 5) is 12.5. The summed E-state index contributed by atoms with van der Waals surface area (Å²) in [5.74, 6) is 1.95. The molecule has 1 aliphatic heterocycles. The summed E-state index contributed by atoms with van der Waals surface area (Å²) in [5, 5.41) is 2.55. The van der Waals surface area contributed by atoms with E-state index in [9.17, 15) is 0 Å². The van der Waals surface area contributed by atoms with Gasteiger partial charge in [0.1, 0.15) is 12.0 Å². The van der Waals surface area contributed by atoms with E-state index in [-0.39, 0.29) is 12.1 Å². The van der Waals surface area contributed by atoms with Crippen LogP contribution in [0, 0.1) is 12.8 Å². The van der Waals surface area contributed by atoms with Gasteiger partial charge in [0, 0.05) is 13.0 Å². The van der Waals surface area contributed by atoms with Crippen molar-refractivity contribution in [2.75, 3.05) is 7.05 Å². The highest BCUT2D eigenvalue weighted by molar-refractivity contribution is 6.09. The molecule has 3 aromatic rings. The average molecular weight is 552 g/mol. The molecule has 5 rings (SSSR count). The quantitative estimate of drug-likeness (QED) is 0.256. The van der Waals surface area contributed by atoms with E-state index in [1.807, 2.05) is 19.1 Å². The number of likely N-dealkylation sites (N-methyl/N-ethyl adjacent to an activating group) is 1. The number of hydrogen-bond acceptors (Lipinski definition) is 3. The molecule has 0 amide bonds. The second kappa shape index (κ2) is 13.4. The molecule has 1 heterocycles. The lowest BCUT2D eigenvalue weighted by Gasteiger charge is -2.35. The first-order valence-electron chi connectivity index (χ1n) is 15.0. The fourth-order valence-electron chi connectivity index (χ4n) is 5.72. The number of allylic oxidation sites excluding steroid dienone is 6. The first-order chi connectivity index (χ1) is 20.5. The van der Waals surface area contributed by atoms with Gasteiger partial charge in [-0.2, -0.15) is 0 Å². The number of amidine groups is 2. The number of benzene rings is 3. The smallest absolute Gasteiger partial charge is 0.154 e. The standard InChI is InChI=1S/C39H41N3/c1-6-14-33(15-7-2)39-41-37(32-16-10-8-9-11-17-32)40-38(42(39)5)28(3)20-21-30-22-24-31(25-23-30)36-27-35-19-13-12-18-34(35)26-29(36)4/h6-8,10,12-16,18-28,39H,1,9,11,17H2,2-5H3/b15-7-,21-20+,33-14+/t28?,39-/m1/s1. The molecule has 1 aliphatic carbocycles. The highest BCUT2D eigenvalue weighted by Gasteiger charge is 2.28. The van der Waals surface area contributed by atoms with Crippen molar-refractivity contribution in [3.8, 4) is 11.1 Å².